The lowest BCUT2D eigenvalue weighted by Gasteiger charge is -2.01. The molecule has 0 unspecified atom stereocenters. The molecule has 0 N–H and O–H groups in total. The molecule has 0 saturated heterocycles. The van der Waals surface area contributed by atoms with Gasteiger partial charge in [-0.25, -0.2) is 9.18 Å². The van der Waals surface area contributed by atoms with Crippen molar-refractivity contribution in [3.05, 3.63) is 46.3 Å². The number of aromatic nitrogens is 2. The van der Waals surface area contributed by atoms with E-state index < -0.39 is 11.8 Å². The van der Waals surface area contributed by atoms with Crippen molar-refractivity contribution in [2.45, 2.75) is 13.3 Å². The van der Waals surface area contributed by atoms with Gasteiger partial charge in [0.2, 0.25) is 0 Å². The van der Waals surface area contributed by atoms with Crippen LogP contribution < -0.4 is 0 Å². The number of halogens is 2. The van der Waals surface area contributed by atoms with E-state index >= 15 is 0 Å². The van der Waals surface area contributed by atoms with E-state index in [1.807, 2.05) is 0 Å². The molecule has 0 aliphatic heterocycles. The van der Waals surface area contributed by atoms with Gasteiger partial charge < -0.3 is 9.26 Å². The number of hydrogen-bond donors (Lipinski definition) is 0. The van der Waals surface area contributed by atoms with Crippen molar-refractivity contribution in [3.8, 4) is 0 Å². The van der Waals surface area contributed by atoms with E-state index in [4.69, 9.17) is 20.9 Å². The highest BCUT2D eigenvalue weighted by molar-refractivity contribution is 6.31. The van der Waals surface area contributed by atoms with Crippen LogP contribution in [0.3, 0.4) is 0 Å². The van der Waals surface area contributed by atoms with E-state index in [-0.39, 0.29) is 35.3 Å². The zero-order valence-electron chi connectivity index (χ0n) is 10.0. The summed E-state index contributed by atoms with van der Waals surface area (Å²) in [6.45, 7) is 1.87. The van der Waals surface area contributed by atoms with Crippen LogP contribution >= 0.6 is 11.6 Å². The fourth-order valence-electron chi connectivity index (χ4n) is 1.46. The summed E-state index contributed by atoms with van der Waals surface area (Å²) >= 11 is 5.88. The number of benzene rings is 1. The van der Waals surface area contributed by atoms with Crippen LogP contribution in [0.2, 0.25) is 5.02 Å². The van der Waals surface area contributed by atoms with E-state index in [1.54, 1.807) is 13.0 Å². The summed E-state index contributed by atoms with van der Waals surface area (Å²) in [5, 5.41) is 3.85. The van der Waals surface area contributed by atoms with Crippen molar-refractivity contribution in [1.29, 1.82) is 0 Å². The SMILES string of the molecule is CCOC(=O)c1nc(Cc2c(F)cccc2Cl)no1. The van der Waals surface area contributed by atoms with Crippen LogP contribution in [0.1, 0.15) is 29.0 Å². The summed E-state index contributed by atoms with van der Waals surface area (Å²) in [6.07, 6.45) is 0.0361. The lowest BCUT2D eigenvalue weighted by Crippen LogP contribution is -2.05. The highest BCUT2D eigenvalue weighted by atomic mass is 35.5. The van der Waals surface area contributed by atoms with Crippen molar-refractivity contribution >= 4 is 17.6 Å². The second kappa shape index (κ2) is 5.79. The molecule has 1 aromatic carbocycles. The smallest absolute Gasteiger partial charge is 0.397 e. The molecule has 1 aromatic heterocycles. The Morgan fingerprint density at radius 3 is 3.00 bits per heavy atom. The molecule has 100 valence electrons. The van der Waals surface area contributed by atoms with Gasteiger partial charge in [0, 0.05) is 17.0 Å². The fraction of sp³-hybridized carbons (Fsp3) is 0.250. The molecular formula is C12H10ClFN2O3. The summed E-state index contributed by atoms with van der Waals surface area (Å²) in [7, 11) is 0. The number of carbonyl (C=O) groups is 1. The fourth-order valence-corrected chi connectivity index (χ4v) is 1.69. The first-order valence-electron chi connectivity index (χ1n) is 5.54. The third-order valence-corrected chi connectivity index (χ3v) is 2.67. The summed E-state index contributed by atoms with van der Waals surface area (Å²) < 4.78 is 23.0. The van der Waals surface area contributed by atoms with Crippen LogP contribution in [-0.2, 0) is 11.2 Å². The minimum absolute atomic E-state index is 0.0361. The van der Waals surface area contributed by atoms with Gasteiger partial charge in [0.1, 0.15) is 5.82 Å². The average molecular weight is 285 g/mol. The second-order valence-corrected chi connectivity index (χ2v) is 4.02. The molecule has 19 heavy (non-hydrogen) atoms. The minimum Gasteiger partial charge on any atom is -0.459 e. The molecule has 0 bridgehead atoms. The Morgan fingerprint density at radius 2 is 2.32 bits per heavy atom. The first-order valence-corrected chi connectivity index (χ1v) is 5.92. The van der Waals surface area contributed by atoms with Gasteiger partial charge in [-0.15, -0.1) is 0 Å². The van der Waals surface area contributed by atoms with Crippen LogP contribution in [0, 0.1) is 5.82 Å². The number of nitrogens with zero attached hydrogens (tertiary/aromatic N) is 2. The molecule has 0 radical (unpaired) electrons. The Kier molecular flexibility index (Phi) is 4.11. The van der Waals surface area contributed by atoms with Gasteiger partial charge in [0.15, 0.2) is 5.82 Å². The molecule has 2 rings (SSSR count). The summed E-state index contributed by atoms with van der Waals surface area (Å²) in [5.41, 5.74) is 0.250. The number of rotatable bonds is 4. The van der Waals surface area contributed by atoms with Crippen molar-refractivity contribution in [2.24, 2.45) is 0 Å². The van der Waals surface area contributed by atoms with Gasteiger partial charge in [-0.2, -0.15) is 4.98 Å². The minimum atomic E-state index is -0.708. The van der Waals surface area contributed by atoms with Gasteiger partial charge in [-0.05, 0) is 19.1 Å². The predicted molar refractivity (Wildman–Crippen MR) is 64.5 cm³/mol. The standard InChI is InChI=1S/C12H10ClFN2O3/c1-2-18-12(17)11-15-10(16-19-11)6-7-8(13)4-3-5-9(7)14/h3-5H,2,6H2,1H3. The molecule has 0 aliphatic carbocycles. The molecule has 7 heteroatoms. The van der Waals surface area contributed by atoms with Crippen molar-refractivity contribution in [2.75, 3.05) is 6.61 Å². The van der Waals surface area contributed by atoms with Gasteiger partial charge in [0.25, 0.3) is 0 Å². The molecule has 5 nitrogen and oxygen atoms in total. The first-order chi connectivity index (χ1) is 9.11. The molecule has 1 heterocycles. The molecule has 0 saturated carbocycles. The second-order valence-electron chi connectivity index (χ2n) is 3.61. The van der Waals surface area contributed by atoms with Crippen LogP contribution in [-0.4, -0.2) is 22.7 Å². The maximum atomic E-state index is 13.6. The van der Waals surface area contributed by atoms with Crippen LogP contribution in [0.15, 0.2) is 22.7 Å². The molecule has 0 spiro atoms. The number of hydrogen-bond acceptors (Lipinski definition) is 5. The quantitative estimate of drug-likeness (QED) is 0.808. The van der Waals surface area contributed by atoms with E-state index in [0.717, 1.165) is 0 Å². The highest BCUT2D eigenvalue weighted by Gasteiger charge is 2.18. The maximum Gasteiger partial charge on any atom is 0.397 e. The molecule has 0 aliphatic rings. The summed E-state index contributed by atoms with van der Waals surface area (Å²) in [6, 6.07) is 4.35. The van der Waals surface area contributed by atoms with Gasteiger partial charge in [-0.3, -0.25) is 0 Å². The Balaban J connectivity index is 2.18. The zero-order chi connectivity index (χ0) is 13.8. The Labute approximate surface area is 113 Å². The van der Waals surface area contributed by atoms with E-state index in [2.05, 4.69) is 10.1 Å². The molecule has 2 aromatic rings. The number of carbonyl (C=O) groups excluding carboxylic acids is 1. The van der Waals surface area contributed by atoms with Crippen LogP contribution in [0.5, 0.6) is 0 Å². The van der Waals surface area contributed by atoms with Gasteiger partial charge in [-0.1, -0.05) is 22.8 Å². The third kappa shape index (κ3) is 3.08. The van der Waals surface area contributed by atoms with Crippen LogP contribution in [0.4, 0.5) is 4.39 Å². The lowest BCUT2D eigenvalue weighted by atomic mass is 10.1. The summed E-state index contributed by atoms with van der Waals surface area (Å²) in [4.78, 5) is 15.2. The van der Waals surface area contributed by atoms with Crippen molar-refractivity contribution in [1.82, 2.24) is 10.1 Å². The Hall–Kier alpha value is -1.95. The van der Waals surface area contributed by atoms with Gasteiger partial charge >= 0.3 is 11.9 Å². The van der Waals surface area contributed by atoms with Crippen molar-refractivity contribution < 1.29 is 18.4 Å². The monoisotopic (exact) mass is 284 g/mol. The van der Waals surface area contributed by atoms with Gasteiger partial charge in [0.05, 0.1) is 6.61 Å². The average Bonchev–Trinajstić information content (AvgIpc) is 2.83. The highest BCUT2D eigenvalue weighted by Crippen LogP contribution is 2.21. The largest absolute Gasteiger partial charge is 0.459 e. The molecule has 0 fully saturated rings. The molecular weight excluding hydrogens is 275 g/mol. The number of esters is 1. The topological polar surface area (TPSA) is 65.2 Å². The lowest BCUT2D eigenvalue weighted by molar-refractivity contribution is 0.0470. The Bertz CT molecular complexity index is 580. The van der Waals surface area contributed by atoms with E-state index in [9.17, 15) is 9.18 Å². The Morgan fingerprint density at radius 1 is 1.53 bits per heavy atom. The van der Waals surface area contributed by atoms with Crippen molar-refractivity contribution in [3.63, 3.8) is 0 Å². The third-order valence-electron chi connectivity index (χ3n) is 2.31. The summed E-state index contributed by atoms with van der Waals surface area (Å²) in [5.74, 6) is -1.27. The first kappa shape index (κ1) is 13.5. The maximum absolute atomic E-state index is 13.6. The molecule has 0 atom stereocenters. The van der Waals surface area contributed by atoms with Crippen LogP contribution in [0.25, 0.3) is 0 Å². The number of ether oxygens (including phenoxy) is 1. The normalized spacial score (nSPS) is 10.5. The van der Waals surface area contributed by atoms with E-state index in [1.165, 1.54) is 12.1 Å². The molecule has 0 amide bonds. The zero-order valence-corrected chi connectivity index (χ0v) is 10.8. The predicted octanol–water partition coefficient (Wildman–Crippen LogP) is 2.63. The van der Waals surface area contributed by atoms with E-state index in [0.29, 0.717) is 0 Å².